The Labute approximate surface area is 133 Å². The van der Waals surface area contributed by atoms with Gasteiger partial charge in [0.25, 0.3) is 5.91 Å². The summed E-state index contributed by atoms with van der Waals surface area (Å²) in [5.74, 6) is 4.00. The van der Waals surface area contributed by atoms with Crippen LogP contribution in [-0.4, -0.2) is 17.6 Å². The lowest BCUT2D eigenvalue weighted by atomic mass is 10.1. The van der Waals surface area contributed by atoms with Crippen LogP contribution in [-0.2, 0) is 6.54 Å². The van der Waals surface area contributed by atoms with Crippen molar-refractivity contribution in [1.82, 2.24) is 5.32 Å². The third-order valence-electron chi connectivity index (χ3n) is 2.62. The quantitative estimate of drug-likeness (QED) is 0.819. The molecular weight excluding hydrogens is 357 g/mol. The Kier molecular flexibility index (Phi) is 5.51. The molecule has 0 aliphatic rings. The Morgan fingerprint density at radius 2 is 2.24 bits per heavy atom. The smallest absolute Gasteiger partial charge is 0.254 e. The monoisotopic (exact) mass is 367 g/mol. The number of carbonyl (C=O) groups is 1. The second kappa shape index (κ2) is 7.36. The Hall–Kier alpha value is -1.68. The van der Waals surface area contributed by atoms with Gasteiger partial charge in [0.05, 0.1) is 12.1 Å². The molecule has 0 aliphatic heterocycles. The van der Waals surface area contributed by atoms with E-state index in [2.05, 4.69) is 33.1 Å². The summed E-state index contributed by atoms with van der Waals surface area (Å²) >= 11 is 4.87. The minimum absolute atomic E-state index is 0.0626. The van der Waals surface area contributed by atoms with Gasteiger partial charge in [0.1, 0.15) is 12.4 Å². The number of amides is 1. The normalized spacial score (nSPS) is 9.86. The molecule has 6 heteroatoms. The lowest BCUT2D eigenvalue weighted by Crippen LogP contribution is -2.23. The van der Waals surface area contributed by atoms with E-state index in [4.69, 9.17) is 5.11 Å². The fourth-order valence-electron chi connectivity index (χ4n) is 1.63. The standard InChI is InChI=1S/C15H11BrFNO2S/c16-12-5-7-21-14(12)9-18-15(20)11-8-10(2-1-6-19)3-4-13(11)17/h3-5,7-8,19H,6,9H2,(H,18,20). The van der Waals surface area contributed by atoms with Crippen LogP contribution in [0.3, 0.4) is 0 Å². The Morgan fingerprint density at radius 3 is 2.90 bits per heavy atom. The van der Waals surface area contributed by atoms with Crippen molar-refractivity contribution in [2.75, 3.05) is 6.61 Å². The predicted molar refractivity (Wildman–Crippen MR) is 83.6 cm³/mol. The van der Waals surface area contributed by atoms with Crippen LogP contribution in [0.2, 0.25) is 0 Å². The number of hydrogen-bond acceptors (Lipinski definition) is 3. The fraction of sp³-hybridized carbons (Fsp3) is 0.133. The summed E-state index contributed by atoms with van der Waals surface area (Å²) < 4.78 is 14.6. The molecule has 0 spiro atoms. The van der Waals surface area contributed by atoms with Crippen LogP contribution in [0.15, 0.2) is 34.1 Å². The molecule has 0 saturated carbocycles. The second-order valence-electron chi connectivity index (χ2n) is 4.03. The average Bonchev–Trinajstić information content (AvgIpc) is 2.89. The number of nitrogens with one attached hydrogen (secondary N) is 1. The van der Waals surface area contributed by atoms with Gasteiger partial charge in [-0.15, -0.1) is 11.3 Å². The first-order chi connectivity index (χ1) is 10.1. The van der Waals surface area contributed by atoms with Crippen molar-refractivity contribution in [2.24, 2.45) is 0 Å². The molecule has 0 unspecified atom stereocenters. The maximum atomic E-state index is 13.7. The number of hydrogen-bond donors (Lipinski definition) is 2. The van der Waals surface area contributed by atoms with Crippen molar-refractivity contribution in [3.8, 4) is 11.8 Å². The molecule has 2 rings (SSSR count). The Morgan fingerprint density at radius 1 is 1.43 bits per heavy atom. The minimum atomic E-state index is -0.604. The molecule has 1 aromatic heterocycles. The van der Waals surface area contributed by atoms with Gasteiger partial charge in [0.15, 0.2) is 0 Å². The zero-order chi connectivity index (χ0) is 15.2. The lowest BCUT2D eigenvalue weighted by molar-refractivity contribution is 0.0947. The zero-order valence-electron chi connectivity index (χ0n) is 10.8. The number of rotatable bonds is 3. The summed E-state index contributed by atoms with van der Waals surface area (Å²) in [7, 11) is 0. The number of halogens is 2. The first-order valence-electron chi connectivity index (χ1n) is 6.01. The molecule has 1 heterocycles. The third kappa shape index (κ3) is 4.14. The van der Waals surface area contributed by atoms with Crippen molar-refractivity contribution >= 4 is 33.2 Å². The molecule has 0 saturated heterocycles. The lowest BCUT2D eigenvalue weighted by Gasteiger charge is -2.06. The van der Waals surface area contributed by atoms with Crippen LogP contribution in [0.25, 0.3) is 0 Å². The van der Waals surface area contributed by atoms with E-state index in [1.165, 1.54) is 29.5 Å². The van der Waals surface area contributed by atoms with E-state index in [0.717, 1.165) is 9.35 Å². The van der Waals surface area contributed by atoms with Crippen LogP contribution >= 0.6 is 27.3 Å². The number of benzene rings is 1. The second-order valence-corrected chi connectivity index (χ2v) is 5.88. The maximum absolute atomic E-state index is 13.7. The number of aliphatic hydroxyl groups excluding tert-OH is 1. The van der Waals surface area contributed by atoms with Crippen molar-refractivity contribution in [3.05, 3.63) is 55.9 Å². The topological polar surface area (TPSA) is 49.3 Å². The van der Waals surface area contributed by atoms with Crippen molar-refractivity contribution in [1.29, 1.82) is 0 Å². The van der Waals surface area contributed by atoms with E-state index in [0.29, 0.717) is 12.1 Å². The molecule has 2 N–H and O–H groups in total. The summed E-state index contributed by atoms with van der Waals surface area (Å²) in [4.78, 5) is 13.0. The molecular formula is C15H11BrFNO2S. The highest BCUT2D eigenvalue weighted by Gasteiger charge is 2.12. The molecule has 1 aromatic carbocycles. The number of thiophene rings is 1. The highest BCUT2D eigenvalue weighted by Crippen LogP contribution is 2.22. The van der Waals surface area contributed by atoms with Gasteiger partial charge in [-0.2, -0.15) is 0 Å². The molecule has 0 fully saturated rings. The molecule has 0 aliphatic carbocycles. The number of carbonyl (C=O) groups excluding carboxylic acids is 1. The summed E-state index contributed by atoms with van der Waals surface area (Å²) in [5.41, 5.74) is 0.417. The summed E-state index contributed by atoms with van der Waals surface area (Å²) in [5, 5.41) is 13.2. The van der Waals surface area contributed by atoms with E-state index in [1.54, 1.807) is 0 Å². The molecule has 3 nitrogen and oxygen atoms in total. The Bertz CT molecular complexity index is 718. The predicted octanol–water partition coefficient (Wildman–Crippen LogP) is 2.92. The van der Waals surface area contributed by atoms with Crippen molar-refractivity contribution in [3.63, 3.8) is 0 Å². The SMILES string of the molecule is O=C(NCc1sccc1Br)c1cc(C#CCO)ccc1F. The fourth-order valence-corrected chi connectivity index (χ4v) is 3.06. The number of aliphatic hydroxyl groups is 1. The molecule has 21 heavy (non-hydrogen) atoms. The van der Waals surface area contributed by atoms with Gasteiger partial charge < -0.3 is 10.4 Å². The van der Waals surface area contributed by atoms with E-state index < -0.39 is 11.7 Å². The summed E-state index contributed by atoms with van der Waals surface area (Å²) in [6, 6.07) is 5.91. The van der Waals surface area contributed by atoms with Crippen LogP contribution in [0.5, 0.6) is 0 Å². The van der Waals surface area contributed by atoms with Gasteiger partial charge >= 0.3 is 0 Å². The Balaban J connectivity index is 2.13. The maximum Gasteiger partial charge on any atom is 0.254 e. The summed E-state index contributed by atoms with van der Waals surface area (Å²) in [6.45, 7) is 0.0361. The first kappa shape index (κ1) is 15.7. The average molecular weight is 368 g/mol. The van der Waals surface area contributed by atoms with Crippen molar-refractivity contribution < 1.29 is 14.3 Å². The van der Waals surface area contributed by atoms with Crippen LogP contribution < -0.4 is 5.32 Å². The van der Waals surface area contributed by atoms with E-state index in [9.17, 15) is 9.18 Å². The van der Waals surface area contributed by atoms with E-state index in [1.807, 2.05) is 11.4 Å². The largest absolute Gasteiger partial charge is 0.384 e. The molecule has 1 amide bonds. The van der Waals surface area contributed by atoms with Gasteiger partial charge in [-0.05, 0) is 45.6 Å². The van der Waals surface area contributed by atoms with Crippen LogP contribution in [0.1, 0.15) is 20.8 Å². The highest BCUT2D eigenvalue weighted by molar-refractivity contribution is 9.10. The molecule has 2 aromatic rings. The molecule has 108 valence electrons. The molecule has 0 atom stereocenters. The van der Waals surface area contributed by atoms with E-state index >= 15 is 0 Å². The van der Waals surface area contributed by atoms with Gasteiger partial charge in [-0.3, -0.25) is 4.79 Å². The van der Waals surface area contributed by atoms with Crippen LogP contribution in [0.4, 0.5) is 4.39 Å². The van der Waals surface area contributed by atoms with E-state index in [-0.39, 0.29) is 12.2 Å². The minimum Gasteiger partial charge on any atom is -0.384 e. The summed E-state index contributed by atoms with van der Waals surface area (Å²) in [6.07, 6.45) is 0. The van der Waals surface area contributed by atoms with Crippen molar-refractivity contribution in [2.45, 2.75) is 6.54 Å². The van der Waals surface area contributed by atoms with Gasteiger partial charge in [-0.1, -0.05) is 11.8 Å². The van der Waals surface area contributed by atoms with Gasteiger partial charge in [0.2, 0.25) is 0 Å². The van der Waals surface area contributed by atoms with Gasteiger partial charge in [0, 0.05) is 14.9 Å². The van der Waals surface area contributed by atoms with Crippen LogP contribution in [0, 0.1) is 17.7 Å². The highest BCUT2D eigenvalue weighted by atomic mass is 79.9. The van der Waals surface area contributed by atoms with Gasteiger partial charge in [-0.25, -0.2) is 4.39 Å². The molecule has 0 radical (unpaired) electrons. The molecule has 0 bridgehead atoms. The first-order valence-corrected chi connectivity index (χ1v) is 7.68. The third-order valence-corrected chi connectivity index (χ3v) is 4.55. The zero-order valence-corrected chi connectivity index (χ0v) is 13.2.